The summed E-state index contributed by atoms with van der Waals surface area (Å²) in [6.07, 6.45) is 2.92. The highest BCUT2D eigenvalue weighted by Gasteiger charge is 2.11. The standard InChI is InChI=1S/C28H19BrClN3O3S/c1-16-5-6-17(14-22(16)30)24-11-8-21(35-24)9-12-26(34)33-28(37)31-20-7-10-25-23(15-20)32-27(36-25)18-3-2-4-19(29)13-18/h2-15H,1H3,(H2,31,33,34,37)/b12-9+. The molecule has 5 aromatic rings. The molecule has 0 saturated carbocycles. The molecule has 9 heteroatoms. The maximum Gasteiger partial charge on any atom is 0.250 e. The van der Waals surface area contributed by atoms with Crippen LogP contribution in [0.2, 0.25) is 5.02 Å². The van der Waals surface area contributed by atoms with Gasteiger partial charge in [0.15, 0.2) is 10.7 Å². The van der Waals surface area contributed by atoms with Crippen molar-refractivity contribution in [2.45, 2.75) is 6.92 Å². The van der Waals surface area contributed by atoms with Gasteiger partial charge in [-0.2, -0.15) is 0 Å². The fourth-order valence-corrected chi connectivity index (χ4v) is 4.37. The Morgan fingerprint density at radius 1 is 1.03 bits per heavy atom. The highest BCUT2D eigenvalue weighted by Crippen LogP contribution is 2.29. The van der Waals surface area contributed by atoms with E-state index in [1.165, 1.54) is 6.08 Å². The number of thiocarbonyl (C=S) groups is 1. The van der Waals surface area contributed by atoms with Crippen LogP contribution in [0.1, 0.15) is 11.3 Å². The average molecular weight is 593 g/mol. The first-order chi connectivity index (χ1) is 17.8. The molecule has 0 bridgehead atoms. The predicted molar refractivity (Wildman–Crippen MR) is 154 cm³/mol. The highest BCUT2D eigenvalue weighted by atomic mass is 79.9. The van der Waals surface area contributed by atoms with Crippen molar-refractivity contribution < 1.29 is 13.6 Å². The van der Waals surface area contributed by atoms with Crippen LogP contribution in [-0.2, 0) is 4.79 Å². The minimum atomic E-state index is -0.395. The van der Waals surface area contributed by atoms with Crippen molar-refractivity contribution >= 4 is 73.6 Å². The minimum absolute atomic E-state index is 0.152. The van der Waals surface area contributed by atoms with Crippen LogP contribution in [-0.4, -0.2) is 16.0 Å². The van der Waals surface area contributed by atoms with Gasteiger partial charge in [-0.15, -0.1) is 0 Å². The molecule has 2 aromatic heterocycles. The Labute approximate surface area is 231 Å². The molecule has 0 fully saturated rings. The van der Waals surface area contributed by atoms with Crippen LogP contribution in [0.5, 0.6) is 0 Å². The number of furan rings is 1. The van der Waals surface area contributed by atoms with Gasteiger partial charge in [0.1, 0.15) is 17.0 Å². The number of aryl methyl sites for hydroxylation is 1. The number of aromatic nitrogens is 1. The number of hydrogen-bond donors (Lipinski definition) is 2. The molecule has 0 spiro atoms. The van der Waals surface area contributed by atoms with Gasteiger partial charge in [-0.05, 0) is 85.4 Å². The summed E-state index contributed by atoms with van der Waals surface area (Å²) in [5, 5.41) is 6.44. The number of carbonyl (C=O) groups is 1. The lowest BCUT2D eigenvalue weighted by Gasteiger charge is -2.07. The van der Waals surface area contributed by atoms with Crippen molar-refractivity contribution in [2.24, 2.45) is 0 Å². The first-order valence-electron chi connectivity index (χ1n) is 11.2. The average Bonchev–Trinajstić information content (AvgIpc) is 3.51. The largest absolute Gasteiger partial charge is 0.457 e. The molecule has 6 nitrogen and oxygen atoms in total. The molecule has 0 saturated heterocycles. The molecular weight excluding hydrogens is 574 g/mol. The summed E-state index contributed by atoms with van der Waals surface area (Å²) >= 11 is 15.0. The number of carbonyl (C=O) groups excluding carboxylic acids is 1. The maximum absolute atomic E-state index is 12.4. The maximum atomic E-state index is 12.4. The molecular formula is C28H19BrClN3O3S. The molecule has 37 heavy (non-hydrogen) atoms. The zero-order valence-corrected chi connectivity index (χ0v) is 22.6. The second kappa shape index (κ2) is 10.7. The van der Waals surface area contributed by atoms with Crippen LogP contribution in [0.15, 0.2) is 92.2 Å². The summed E-state index contributed by atoms with van der Waals surface area (Å²) in [4.78, 5) is 16.9. The van der Waals surface area contributed by atoms with Crippen molar-refractivity contribution in [1.29, 1.82) is 0 Å². The van der Waals surface area contributed by atoms with Crippen LogP contribution < -0.4 is 10.6 Å². The van der Waals surface area contributed by atoms with Gasteiger partial charge in [-0.25, -0.2) is 4.98 Å². The third-order valence-corrected chi connectivity index (χ3v) is 6.54. The third kappa shape index (κ3) is 5.99. The summed E-state index contributed by atoms with van der Waals surface area (Å²) in [5.74, 6) is 1.30. The number of hydrogen-bond acceptors (Lipinski definition) is 5. The minimum Gasteiger partial charge on any atom is -0.457 e. The Balaban J connectivity index is 1.20. The summed E-state index contributed by atoms with van der Waals surface area (Å²) in [7, 11) is 0. The fraction of sp³-hybridized carbons (Fsp3) is 0.0357. The van der Waals surface area contributed by atoms with Gasteiger partial charge in [0.05, 0.1) is 0 Å². The molecule has 5 rings (SSSR count). The normalized spacial score (nSPS) is 11.2. The molecule has 0 aliphatic carbocycles. The number of fused-ring (bicyclic) bond motifs is 1. The quantitative estimate of drug-likeness (QED) is 0.159. The molecule has 2 N–H and O–H groups in total. The number of benzene rings is 3. The van der Waals surface area contributed by atoms with Gasteiger partial charge < -0.3 is 14.2 Å². The number of oxazole rings is 1. The van der Waals surface area contributed by atoms with Crippen molar-refractivity contribution in [3.8, 4) is 22.8 Å². The SMILES string of the molecule is Cc1ccc(-c2ccc(/C=C/C(=O)NC(=S)Nc3ccc4oc(-c5cccc(Br)c5)nc4c3)o2)cc1Cl. The number of rotatable bonds is 5. The zero-order chi connectivity index (χ0) is 25.9. The van der Waals surface area contributed by atoms with Crippen molar-refractivity contribution in [2.75, 3.05) is 5.32 Å². The number of nitrogens with zero attached hydrogens (tertiary/aromatic N) is 1. The van der Waals surface area contributed by atoms with Gasteiger partial charge in [0.2, 0.25) is 11.8 Å². The van der Waals surface area contributed by atoms with Crippen molar-refractivity contribution in [3.05, 3.63) is 99.7 Å². The van der Waals surface area contributed by atoms with Gasteiger partial charge >= 0.3 is 0 Å². The van der Waals surface area contributed by atoms with E-state index in [1.807, 2.05) is 55.5 Å². The smallest absolute Gasteiger partial charge is 0.250 e. The highest BCUT2D eigenvalue weighted by molar-refractivity contribution is 9.10. The van der Waals surface area contributed by atoms with Crippen LogP contribution in [0.25, 0.3) is 40.0 Å². The van der Waals surface area contributed by atoms with Crippen LogP contribution in [0.4, 0.5) is 5.69 Å². The van der Waals surface area contributed by atoms with Crippen LogP contribution >= 0.6 is 39.7 Å². The Bertz CT molecular complexity index is 1670. The van der Waals surface area contributed by atoms with Crippen LogP contribution in [0, 0.1) is 6.92 Å². The molecule has 184 valence electrons. The molecule has 1 amide bonds. The topological polar surface area (TPSA) is 80.3 Å². The molecule has 0 aliphatic rings. The fourth-order valence-electron chi connectivity index (χ4n) is 3.57. The lowest BCUT2D eigenvalue weighted by molar-refractivity contribution is -0.115. The summed E-state index contributed by atoms with van der Waals surface area (Å²) in [6.45, 7) is 1.94. The van der Waals surface area contributed by atoms with Crippen molar-refractivity contribution in [3.63, 3.8) is 0 Å². The van der Waals surface area contributed by atoms with E-state index in [1.54, 1.807) is 30.3 Å². The van der Waals surface area contributed by atoms with Gasteiger partial charge in [0.25, 0.3) is 0 Å². The first kappa shape index (κ1) is 25.0. The summed E-state index contributed by atoms with van der Waals surface area (Å²) in [5.41, 5.74) is 4.69. The lowest BCUT2D eigenvalue weighted by atomic mass is 10.1. The van der Waals surface area contributed by atoms with E-state index in [-0.39, 0.29) is 5.11 Å². The van der Waals surface area contributed by atoms with E-state index in [9.17, 15) is 4.79 Å². The van der Waals surface area contributed by atoms with Gasteiger partial charge in [0, 0.05) is 32.4 Å². The Morgan fingerprint density at radius 2 is 1.89 bits per heavy atom. The van der Waals surface area contributed by atoms with E-state index in [4.69, 9.17) is 32.7 Å². The van der Waals surface area contributed by atoms with E-state index < -0.39 is 5.91 Å². The summed E-state index contributed by atoms with van der Waals surface area (Å²) < 4.78 is 12.6. The van der Waals surface area contributed by atoms with Gasteiger partial charge in [-0.1, -0.05) is 45.7 Å². The molecule has 0 aliphatic heterocycles. The first-order valence-corrected chi connectivity index (χ1v) is 12.7. The van der Waals surface area contributed by atoms with Gasteiger partial charge in [-0.3, -0.25) is 10.1 Å². The molecule has 0 radical (unpaired) electrons. The third-order valence-electron chi connectivity index (χ3n) is 5.44. The zero-order valence-electron chi connectivity index (χ0n) is 19.4. The molecule has 0 atom stereocenters. The second-order valence-electron chi connectivity index (χ2n) is 8.15. The van der Waals surface area contributed by atoms with E-state index in [2.05, 4.69) is 31.5 Å². The second-order valence-corrected chi connectivity index (χ2v) is 9.89. The van der Waals surface area contributed by atoms with E-state index >= 15 is 0 Å². The Kier molecular flexibility index (Phi) is 7.23. The molecule has 2 heterocycles. The number of anilines is 1. The summed E-state index contributed by atoms with van der Waals surface area (Å²) in [6, 6.07) is 22.4. The van der Waals surface area contributed by atoms with Crippen LogP contribution in [0.3, 0.4) is 0 Å². The monoisotopic (exact) mass is 591 g/mol. The molecule has 0 unspecified atom stereocenters. The number of nitrogens with one attached hydrogen (secondary N) is 2. The Hall–Kier alpha value is -3.72. The number of amides is 1. The molecule has 3 aromatic carbocycles. The number of halogens is 2. The predicted octanol–water partition coefficient (Wildman–Crippen LogP) is 8.01. The van der Waals surface area contributed by atoms with Crippen molar-refractivity contribution in [1.82, 2.24) is 10.3 Å². The lowest BCUT2D eigenvalue weighted by Crippen LogP contribution is -2.32. The van der Waals surface area contributed by atoms with E-state index in [0.717, 1.165) is 21.2 Å². The Morgan fingerprint density at radius 3 is 2.70 bits per heavy atom. The van der Waals surface area contributed by atoms with E-state index in [0.29, 0.717) is 39.2 Å².